The van der Waals surface area contributed by atoms with Gasteiger partial charge in [0.1, 0.15) is 0 Å². The molecule has 0 unspecified atom stereocenters. The summed E-state index contributed by atoms with van der Waals surface area (Å²) in [6, 6.07) is 2.52. The molecule has 0 aromatic carbocycles. The van der Waals surface area contributed by atoms with Gasteiger partial charge in [-0.05, 0) is 12.5 Å². The number of nitrogens with zero attached hydrogens (tertiary/aromatic N) is 2. The van der Waals surface area contributed by atoms with E-state index in [1.807, 2.05) is 0 Å². The molecule has 16 heavy (non-hydrogen) atoms. The molecule has 4 heteroatoms. The first-order valence-electron chi connectivity index (χ1n) is 5.98. The van der Waals surface area contributed by atoms with E-state index in [-0.39, 0.29) is 5.41 Å². The standard InChI is InChI=1S/C12H22N4/c1-12(2,3)11-6-10(14-15-11)8-16-5-4-9(13)7-16/h6,9H,4-5,7-8,13H2,1-3H3,(H,14,15)/t9-/m0/s1. The van der Waals surface area contributed by atoms with E-state index in [2.05, 4.69) is 41.9 Å². The molecular formula is C12H22N4. The molecule has 4 nitrogen and oxygen atoms in total. The fourth-order valence-corrected chi connectivity index (χ4v) is 2.07. The third-order valence-corrected chi connectivity index (χ3v) is 3.10. The van der Waals surface area contributed by atoms with Crippen LogP contribution < -0.4 is 5.73 Å². The molecule has 2 rings (SSSR count). The van der Waals surface area contributed by atoms with Gasteiger partial charge in [0.2, 0.25) is 0 Å². The molecule has 1 fully saturated rings. The van der Waals surface area contributed by atoms with Gasteiger partial charge in [0.05, 0.1) is 5.69 Å². The van der Waals surface area contributed by atoms with Crippen molar-refractivity contribution in [2.45, 2.75) is 45.2 Å². The second-order valence-corrected chi connectivity index (χ2v) is 5.81. The van der Waals surface area contributed by atoms with Crippen LogP contribution in [0.3, 0.4) is 0 Å². The summed E-state index contributed by atoms with van der Waals surface area (Å²) in [7, 11) is 0. The molecule has 1 saturated heterocycles. The minimum absolute atomic E-state index is 0.121. The lowest BCUT2D eigenvalue weighted by Gasteiger charge is -2.14. The van der Waals surface area contributed by atoms with Gasteiger partial charge in [0.25, 0.3) is 0 Å². The predicted molar refractivity (Wildman–Crippen MR) is 65.2 cm³/mol. The van der Waals surface area contributed by atoms with E-state index in [0.29, 0.717) is 6.04 Å². The maximum absolute atomic E-state index is 5.89. The highest BCUT2D eigenvalue weighted by atomic mass is 15.2. The van der Waals surface area contributed by atoms with Gasteiger partial charge in [-0.15, -0.1) is 0 Å². The number of rotatable bonds is 2. The molecule has 90 valence electrons. The molecule has 0 amide bonds. The minimum atomic E-state index is 0.121. The number of aromatic amines is 1. The molecular weight excluding hydrogens is 200 g/mol. The molecule has 0 radical (unpaired) electrons. The van der Waals surface area contributed by atoms with Crippen LogP contribution in [-0.4, -0.2) is 34.2 Å². The summed E-state index contributed by atoms with van der Waals surface area (Å²) in [6.07, 6.45) is 1.11. The van der Waals surface area contributed by atoms with Gasteiger partial charge in [-0.25, -0.2) is 0 Å². The van der Waals surface area contributed by atoms with Crippen LogP contribution in [0.1, 0.15) is 38.6 Å². The van der Waals surface area contributed by atoms with E-state index < -0.39 is 0 Å². The zero-order valence-electron chi connectivity index (χ0n) is 10.5. The Morgan fingerprint density at radius 3 is 2.81 bits per heavy atom. The molecule has 0 saturated carbocycles. The maximum atomic E-state index is 5.89. The summed E-state index contributed by atoms with van der Waals surface area (Å²) in [5, 5.41) is 7.49. The topological polar surface area (TPSA) is 57.9 Å². The van der Waals surface area contributed by atoms with Crippen molar-refractivity contribution in [2.24, 2.45) is 5.73 Å². The van der Waals surface area contributed by atoms with E-state index in [1.54, 1.807) is 0 Å². The Hall–Kier alpha value is -0.870. The van der Waals surface area contributed by atoms with E-state index in [4.69, 9.17) is 5.73 Å². The van der Waals surface area contributed by atoms with E-state index in [9.17, 15) is 0 Å². The summed E-state index contributed by atoms with van der Waals surface area (Å²) < 4.78 is 0. The lowest BCUT2D eigenvalue weighted by molar-refractivity contribution is 0.322. The van der Waals surface area contributed by atoms with Crippen molar-refractivity contribution in [1.82, 2.24) is 15.1 Å². The van der Waals surface area contributed by atoms with Gasteiger partial charge in [0, 0.05) is 36.8 Å². The molecule has 0 aliphatic carbocycles. The molecule has 1 aliphatic rings. The van der Waals surface area contributed by atoms with Gasteiger partial charge >= 0.3 is 0 Å². The Morgan fingerprint density at radius 2 is 2.31 bits per heavy atom. The van der Waals surface area contributed by atoms with Crippen molar-refractivity contribution >= 4 is 0 Å². The molecule has 0 spiro atoms. The largest absolute Gasteiger partial charge is 0.326 e. The van der Waals surface area contributed by atoms with E-state index in [0.717, 1.165) is 31.7 Å². The number of hydrogen-bond donors (Lipinski definition) is 2. The molecule has 2 heterocycles. The zero-order valence-corrected chi connectivity index (χ0v) is 10.5. The fraction of sp³-hybridized carbons (Fsp3) is 0.750. The zero-order chi connectivity index (χ0) is 11.8. The number of nitrogens with two attached hydrogens (primary N) is 1. The van der Waals surface area contributed by atoms with E-state index in [1.165, 1.54) is 5.69 Å². The first kappa shape index (κ1) is 11.6. The third kappa shape index (κ3) is 2.62. The summed E-state index contributed by atoms with van der Waals surface area (Å²) >= 11 is 0. The lowest BCUT2D eigenvalue weighted by Crippen LogP contribution is -2.26. The molecule has 0 bridgehead atoms. The van der Waals surface area contributed by atoms with Crippen molar-refractivity contribution in [3.05, 3.63) is 17.5 Å². The highest BCUT2D eigenvalue weighted by molar-refractivity contribution is 5.16. The van der Waals surface area contributed by atoms with Gasteiger partial charge in [-0.3, -0.25) is 10.00 Å². The van der Waals surface area contributed by atoms with Crippen molar-refractivity contribution in [1.29, 1.82) is 0 Å². The molecule has 1 aromatic rings. The Balaban J connectivity index is 1.98. The maximum Gasteiger partial charge on any atom is 0.0678 e. The summed E-state index contributed by atoms with van der Waals surface area (Å²) in [5.41, 5.74) is 8.33. The second-order valence-electron chi connectivity index (χ2n) is 5.81. The summed E-state index contributed by atoms with van der Waals surface area (Å²) in [6.45, 7) is 9.59. The molecule has 1 aromatic heterocycles. The van der Waals surface area contributed by atoms with Crippen LogP contribution in [0.2, 0.25) is 0 Å². The Labute approximate surface area is 97.2 Å². The Bertz CT molecular complexity index is 350. The SMILES string of the molecule is CC(C)(C)c1cc(CN2CC[C@H](N)C2)[nH]n1. The van der Waals surface area contributed by atoms with Gasteiger partial charge in [-0.1, -0.05) is 20.8 Å². The van der Waals surface area contributed by atoms with Gasteiger partial charge in [0.15, 0.2) is 0 Å². The van der Waals surface area contributed by atoms with Gasteiger partial charge < -0.3 is 5.73 Å². The second kappa shape index (κ2) is 4.18. The average Bonchev–Trinajstić information content (AvgIpc) is 2.74. The normalized spacial score (nSPS) is 22.9. The monoisotopic (exact) mass is 222 g/mol. The first-order valence-corrected chi connectivity index (χ1v) is 5.98. The summed E-state index contributed by atoms with van der Waals surface area (Å²) in [5.74, 6) is 0. The Kier molecular flexibility index (Phi) is 3.04. The van der Waals surface area contributed by atoms with Crippen LogP contribution in [0.25, 0.3) is 0 Å². The molecule has 1 atom stereocenters. The van der Waals surface area contributed by atoms with Crippen LogP contribution >= 0.6 is 0 Å². The lowest BCUT2D eigenvalue weighted by atomic mass is 9.92. The number of H-pyrrole nitrogens is 1. The highest BCUT2D eigenvalue weighted by Gasteiger charge is 2.21. The van der Waals surface area contributed by atoms with Crippen molar-refractivity contribution in [3.63, 3.8) is 0 Å². The van der Waals surface area contributed by atoms with Crippen LogP contribution in [-0.2, 0) is 12.0 Å². The quantitative estimate of drug-likeness (QED) is 0.791. The number of aromatic nitrogens is 2. The Morgan fingerprint density at radius 1 is 1.56 bits per heavy atom. The highest BCUT2D eigenvalue weighted by Crippen LogP contribution is 2.21. The van der Waals surface area contributed by atoms with Crippen LogP contribution in [0.4, 0.5) is 0 Å². The molecule has 3 N–H and O–H groups in total. The first-order chi connectivity index (χ1) is 7.45. The minimum Gasteiger partial charge on any atom is -0.326 e. The number of hydrogen-bond acceptors (Lipinski definition) is 3. The fourth-order valence-electron chi connectivity index (χ4n) is 2.07. The van der Waals surface area contributed by atoms with Crippen molar-refractivity contribution in [2.75, 3.05) is 13.1 Å². The summed E-state index contributed by atoms with van der Waals surface area (Å²) in [4.78, 5) is 2.38. The third-order valence-electron chi connectivity index (χ3n) is 3.10. The number of likely N-dealkylation sites (tertiary alicyclic amines) is 1. The predicted octanol–water partition coefficient (Wildman–Crippen LogP) is 1.24. The van der Waals surface area contributed by atoms with Gasteiger partial charge in [-0.2, -0.15) is 5.10 Å². The van der Waals surface area contributed by atoms with Crippen LogP contribution in [0.15, 0.2) is 6.07 Å². The molecule has 1 aliphatic heterocycles. The smallest absolute Gasteiger partial charge is 0.0678 e. The average molecular weight is 222 g/mol. The van der Waals surface area contributed by atoms with Crippen LogP contribution in [0, 0.1) is 0 Å². The van der Waals surface area contributed by atoms with Crippen molar-refractivity contribution in [3.8, 4) is 0 Å². The van der Waals surface area contributed by atoms with Crippen LogP contribution in [0.5, 0.6) is 0 Å². The van der Waals surface area contributed by atoms with E-state index >= 15 is 0 Å². The number of nitrogens with one attached hydrogen (secondary N) is 1. The van der Waals surface area contributed by atoms with Crippen molar-refractivity contribution < 1.29 is 0 Å².